The molecule has 174 valence electrons. The molecule has 0 bridgehead atoms. The molecule has 0 radical (unpaired) electrons. The zero-order valence-corrected chi connectivity index (χ0v) is 19.1. The number of carbonyl (C=O) groups excluding carboxylic acids is 2. The van der Waals surface area contributed by atoms with Gasteiger partial charge >= 0.3 is 0 Å². The Morgan fingerprint density at radius 1 is 1.09 bits per heavy atom. The number of ether oxygens (including phenoxy) is 1. The lowest BCUT2D eigenvalue weighted by Crippen LogP contribution is -2.33. The summed E-state index contributed by atoms with van der Waals surface area (Å²) in [5.74, 6) is -3.14. The van der Waals surface area contributed by atoms with E-state index >= 15 is 0 Å². The standard InChI is InChI=1S/C26H31N3O4/c1-2-3-4-5-6-7-8-9-10-13-18-22(30)24(32)21-20(17-12-11-14-29-16-17)19(15-27)26(28)33-25(21)23(18)31/h11-12,14,16,20,30H,2-10,13,28H2,1H3. The van der Waals surface area contributed by atoms with Crippen LogP contribution >= 0.6 is 0 Å². The van der Waals surface area contributed by atoms with Crippen LogP contribution in [0.3, 0.4) is 0 Å². The first kappa shape index (κ1) is 24.2. The Labute approximate surface area is 194 Å². The Bertz CT molecular complexity index is 1030. The van der Waals surface area contributed by atoms with Gasteiger partial charge in [-0.1, -0.05) is 64.4 Å². The first-order valence-electron chi connectivity index (χ1n) is 11.7. The highest BCUT2D eigenvalue weighted by Gasteiger charge is 2.45. The van der Waals surface area contributed by atoms with Crippen LogP contribution in [0, 0.1) is 11.3 Å². The molecule has 0 saturated heterocycles. The normalized spacial score (nSPS) is 18.4. The fourth-order valence-electron chi connectivity index (χ4n) is 4.39. The quantitative estimate of drug-likeness (QED) is 0.358. The number of aliphatic hydroxyl groups excluding tert-OH is 1. The molecular weight excluding hydrogens is 418 g/mol. The van der Waals surface area contributed by atoms with Crippen LogP contribution in [0.15, 0.2) is 58.6 Å². The van der Waals surface area contributed by atoms with Crippen molar-refractivity contribution in [3.05, 3.63) is 64.2 Å². The lowest BCUT2D eigenvalue weighted by Gasteiger charge is -2.30. The zero-order chi connectivity index (χ0) is 23.8. The van der Waals surface area contributed by atoms with Crippen LogP contribution < -0.4 is 5.73 Å². The average molecular weight is 450 g/mol. The molecule has 33 heavy (non-hydrogen) atoms. The van der Waals surface area contributed by atoms with Crippen molar-refractivity contribution >= 4 is 11.6 Å². The SMILES string of the molecule is CCCCCCCCCCCC1=C(O)C(=O)C2=C(OC(N)=C(C#N)C2c2cccnc2)C1=O. The lowest BCUT2D eigenvalue weighted by atomic mass is 9.77. The maximum Gasteiger partial charge on any atom is 0.228 e. The van der Waals surface area contributed by atoms with Gasteiger partial charge in [-0.2, -0.15) is 5.26 Å². The lowest BCUT2D eigenvalue weighted by molar-refractivity contribution is -0.120. The number of aliphatic hydroxyl groups is 1. The van der Waals surface area contributed by atoms with E-state index in [0.29, 0.717) is 18.4 Å². The fraction of sp³-hybridized carbons (Fsp3) is 0.462. The van der Waals surface area contributed by atoms with Gasteiger partial charge in [0.25, 0.3) is 0 Å². The minimum Gasteiger partial charge on any atom is -0.504 e. The number of carbonyl (C=O) groups is 2. The van der Waals surface area contributed by atoms with E-state index in [1.54, 1.807) is 18.3 Å². The Balaban J connectivity index is 1.71. The van der Waals surface area contributed by atoms with Gasteiger partial charge in [-0.05, 0) is 24.5 Å². The predicted octanol–water partition coefficient (Wildman–Crippen LogP) is 5.03. The van der Waals surface area contributed by atoms with Crippen molar-refractivity contribution in [1.29, 1.82) is 5.26 Å². The number of Topliss-reactive ketones (excluding diaryl/α,β-unsaturated/α-hetero) is 2. The van der Waals surface area contributed by atoms with E-state index in [1.165, 1.54) is 38.3 Å². The van der Waals surface area contributed by atoms with Crippen molar-refractivity contribution in [2.24, 2.45) is 5.73 Å². The summed E-state index contributed by atoms with van der Waals surface area (Å²) in [6, 6.07) is 5.32. The van der Waals surface area contributed by atoms with E-state index in [4.69, 9.17) is 10.5 Å². The van der Waals surface area contributed by atoms with Gasteiger partial charge < -0.3 is 15.6 Å². The molecular formula is C26H31N3O4. The van der Waals surface area contributed by atoms with E-state index in [2.05, 4.69) is 11.9 Å². The van der Waals surface area contributed by atoms with Crippen LogP contribution in [0.5, 0.6) is 0 Å². The maximum absolute atomic E-state index is 13.2. The van der Waals surface area contributed by atoms with Gasteiger partial charge in [0.15, 0.2) is 11.5 Å². The molecule has 1 atom stereocenters. The van der Waals surface area contributed by atoms with Crippen molar-refractivity contribution in [3.63, 3.8) is 0 Å². The topological polar surface area (TPSA) is 126 Å². The van der Waals surface area contributed by atoms with E-state index in [-0.39, 0.29) is 28.4 Å². The van der Waals surface area contributed by atoms with E-state index in [0.717, 1.165) is 19.3 Å². The molecule has 1 aromatic rings. The third kappa shape index (κ3) is 5.33. The minimum atomic E-state index is -0.916. The summed E-state index contributed by atoms with van der Waals surface area (Å²) in [6.45, 7) is 2.20. The maximum atomic E-state index is 13.2. The molecule has 1 aliphatic heterocycles. The number of hydrogen-bond donors (Lipinski definition) is 2. The molecule has 0 amide bonds. The molecule has 1 unspecified atom stereocenters. The number of allylic oxidation sites excluding steroid dienone is 3. The van der Waals surface area contributed by atoms with Gasteiger partial charge in [-0.15, -0.1) is 0 Å². The molecule has 2 heterocycles. The summed E-state index contributed by atoms with van der Waals surface area (Å²) in [7, 11) is 0. The molecule has 0 fully saturated rings. The van der Waals surface area contributed by atoms with Crippen LogP contribution in [0.25, 0.3) is 0 Å². The molecule has 0 saturated carbocycles. The first-order valence-corrected chi connectivity index (χ1v) is 11.7. The number of nitrogens with zero attached hydrogens (tertiary/aromatic N) is 2. The van der Waals surface area contributed by atoms with E-state index < -0.39 is 23.2 Å². The summed E-state index contributed by atoms with van der Waals surface area (Å²) in [4.78, 5) is 30.4. The van der Waals surface area contributed by atoms with Crippen LogP contribution in [0.2, 0.25) is 0 Å². The van der Waals surface area contributed by atoms with Gasteiger partial charge in [0.05, 0.1) is 11.5 Å². The second kappa shape index (κ2) is 11.5. The minimum absolute atomic E-state index is 0.0121. The number of rotatable bonds is 11. The number of nitrogens with two attached hydrogens (primary N) is 1. The average Bonchev–Trinajstić information content (AvgIpc) is 2.83. The van der Waals surface area contributed by atoms with Crippen LogP contribution in [0.4, 0.5) is 0 Å². The molecule has 1 aliphatic carbocycles. The van der Waals surface area contributed by atoms with Gasteiger partial charge in [-0.3, -0.25) is 14.6 Å². The molecule has 7 heteroatoms. The first-order chi connectivity index (χ1) is 16.0. The molecule has 3 rings (SSSR count). The number of unbranched alkanes of at least 4 members (excludes halogenated alkanes) is 8. The van der Waals surface area contributed by atoms with Crippen molar-refractivity contribution in [2.45, 2.75) is 77.0 Å². The Morgan fingerprint density at radius 3 is 2.36 bits per heavy atom. The van der Waals surface area contributed by atoms with Crippen LogP contribution in [-0.2, 0) is 14.3 Å². The molecule has 1 aromatic heterocycles. The predicted molar refractivity (Wildman–Crippen MR) is 123 cm³/mol. The number of aromatic nitrogens is 1. The van der Waals surface area contributed by atoms with Gasteiger partial charge in [0, 0.05) is 18.0 Å². The van der Waals surface area contributed by atoms with E-state index in [1.807, 2.05) is 6.07 Å². The van der Waals surface area contributed by atoms with Crippen LogP contribution in [0.1, 0.15) is 82.6 Å². The van der Waals surface area contributed by atoms with Crippen molar-refractivity contribution < 1.29 is 19.4 Å². The number of ketones is 2. The number of nitriles is 1. The van der Waals surface area contributed by atoms with Crippen molar-refractivity contribution in [1.82, 2.24) is 4.98 Å². The van der Waals surface area contributed by atoms with Crippen LogP contribution in [-0.4, -0.2) is 21.7 Å². The smallest absolute Gasteiger partial charge is 0.228 e. The second-order valence-electron chi connectivity index (χ2n) is 8.52. The molecule has 0 aromatic carbocycles. The summed E-state index contributed by atoms with van der Waals surface area (Å²) in [6.07, 6.45) is 13.4. The van der Waals surface area contributed by atoms with E-state index in [9.17, 15) is 20.0 Å². The van der Waals surface area contributed by atoms with Crippen molar-refractivity contribution in [2.75, 3.05) is 0 Å². The summed E-state index contributed by atoms with van der Waals surface area (Å²) >= 11 is 0. The highest BCUT2D eigenvalue weighted by molar-refractivity contribution is 6.24. The monoisotopic (exact) mass is 449 g/mol. The Morgan fingerprint density at radius 2 is 1.76 bits per heavy atom. The molecule has 2 aliphatic rings. The highest BCUT2D eigenvalue weighted by atomic mass is 16.5. The second-order valence-corrected chi connectivity index (χ2v) is 8.52. The molecule has 3 N–H and O–H groups in total. The largest absolute Gasteiger partial charge is 0.504 e. The highest BCUT2D eigenvalue weighted by Crippen LogP contribution is 2.43. The summed E-state index contributed by atoms with van der Waals surface area (Å²) in [5.41, 5.74) is 6.47. The van der Waals surface area contributed by atoms with Gasteiger partial charge in [0.1, 0.15) is 11.6 Å². The van der Waals surface area contributed by atoms with Gasteiger partial charge in [0.2, 0.25) is 17.4 Å². The third-order valence-corrected chi connectivity index (χ3v) is 6.19. The Kier molecular flexibility index (Phi) is 8.42. The molecule has 0 spiro atoms. The Hall–Kier alpha value is -3.40. The number of pyridine rings is 1. The third-order valence-electron chi connectivity index (χ3n) is 6.19. The zero-order valence-electron chi connectivity index (χ0n) is 19.1. The summed E-state index contributed by atoms with van der Waals surface area (Å²) < 4.78 is 5.48. The van der Waals surface area contributed by atoms with Crippen molar-refractivity contribution in [3.8, 4) is 6.07 Å². The summed E-state index contributed by atoms with van der Waals surface area (Å²) in [5, 5.41) is 20.3. The van der Waals surface area contributed by atoms with Gasteiger partial charge in [-0.25, -0.2) is 0 Å². The number of hydrogen-bond acceptors (Lipinski definition) is 7. The molecule has 7 nitrogen and oxygen atoms in total. The fourth-order valence-corrected chi connectivity index (χ4v) is 4.39.